The van der Waals surface area contributed by atoms with Gasteiger partial charge in [0.15, 0.2) is 0 Å². The number of hydrogen-bond donors (Lipinski definition) is 2. The molecule has 2 N–H and O–H groups in total. The third-order valence-electron chi connectivity index (χ3n) is 4.86. The number of H-pyrrole nitrogens is 1. The van der Waals surface area contributed by atoms with Gasteiger partial charge >= 0.3 is 0 Å². The van der Waals surface area contributed by atoms with Crippen LogP contribution in [0.15, 0.2) is 60.1 Å². The van der Waals surface area contributed by atoms with Crippen LogP contribution in [0.1, 0.15) is 25.0 Å². The molecule has 3 aromatic rings. The molecule has 5 nitrogen and oxygen atoms in total. The highest BCUT2D eigenvalue weighted by Gasteiger charge is 2.10. The molecule has 0 fully saturated rings. The Kier molecular flexibility index (Phi) is 6.54. The van der Waals surface area contributed by atoms with Crippen molar-refractivity contribution in [2.45, 2.75) is 20.3 Å². The summed E-state index contributed by atoms with van der Waals surface area (Å²) < 4.78 is 27.5. The van der Waals surface area contributed by atoms with Crippen LogP contribution >= 0.6 is 0 Å². The van der Waals surface area contributed by atoms with Gasteiger partial charge in [0, 0.05) is 29.3 Å². The molecule has 0 amide bonds. The number of aromatic amines is 1. The van der Waals surface area contributed by atoms with Crippen LogP contribution in [0.5, 0.6) is 0 Å². The maximum atomic E-state index is 12.4. The third kappa shape index (κ3) is 5.24. The first kappa shape index (κ1) is 20.2. The summed E-state index contributed by atoms with van der Waals surface area (Å²) in [5.74, 6) is 0. The van der Waals surface area contributed by atoms with E-state index in [1.165, 1.54) is 11.0 Å². The maximum Gasteiger partial charge on any atom is 0.255 e. The van der Waals surface area contributed by atoms with Crippen molar-refractivity contribution in [2.75, 3.05) is 24.4 Å². The number of likely N-dealkylation sites (N-methyl/N-ethyl adjacent to an activating group) is 1. The summed E-state index contributed by atoms with van der Waals surface area (Å²) in [6.45, 7) is 7.36. The van der Waals surface area contributed by atoms with Crippen molar-refractivity contribution < 1.29 is 8.42 Å². The fraction of sp³-hybridized carbons (Fsp3) is 0.273. The number of fused-ring (bicyclic) bond motifs is 1. The molecule has 1 aromatic heterocycles. The SMILES string of the molecule is CCN(CC)CCc1c[nH]c2ccc(NS(=O)(=O)/C=C/c3ccccc3)cc12. The molecule has 2 aromatic carbocycles. The Labute approximate surface area is 167 Å². The lowest BCUT2D eigenvalue weighted by atomic mass is 10.1. The zero-order valence-corrected chi connectivity index (χ0v) is 17.2. The molecule has 148 valence electrons. The van der Waals surface area contributed by atoms with E-state index in [-0.39, 0.29) is 0 Å². The second-order valence-corrected chi connectivity index (χ2v) is 8.28. The van der Waals surface area contributed by atoms with Crippen molar-refractivity contribution in [3.8, 4) is 0 Å². The Hall–Kier alpha value is -2.57. The van der Waals surface area contributed by atoms with E-state index in [9.17, 15) is 8.42 Å². The first-order chi connectivity index (χ1) is 13.5. The Bertz CT molecular complexity index is 1040. The van der Waals surface area contributed by atoms with Gasteiger partial charge in [-0.05, 0) is 54.9 Å². The molecule has 3 rings (SSSR count). The summed E-state index contributed by atoms with van der Waals surface area (Å²) in [4.78, 5) is 5.65. The normalized spacial score (nSPS) is 12.2. The number of nitrogens with one attached hydrogen (secondary N) is 2. The maximum absolute atomic E-state index is 12.4. The van der Waals surface area contributed by atoms with Crippen LogP contribution in [-0.2, 0) is 16.4 Å². The van der Waals surface area contributed by atoms with Gasteiger partial charge in [-0.25, -0.2) is 8.42 Å². The molecule has 1 heterocycles. The Balaban J connectivity index is 1.76. The predicted octanol–water partition coefficient (Wildman–Crippen LogP) is 4.46. The minimum absolute atomic E-state index is 0.564. The van der Waals surface area contributed by atoms with Crippen LogP contribution < -0.4 is 4.72 Å². The minimum atomic E-state index is -3.58. The van der Waals surface area contributed by atoms with Gasteiger partial charge in [0.05, 0.1) is 5.41 Å². The highest BCUT2D eigenvalue weighted by molar-refractivity contribution is 7.95. The summed E-state index contributed by atoms with van der Waals surface area (Å²) in [6, 6.07) is 15.0. The molecule has 0 atom stereocenters. The molecular weight excluding hydrogens is 370 g/mol. The van der Waals surface area contributed by atoms with Gasteiger partial charge in [-0.1, -0.05) is 44.2 Å². The molecule has 0 aliphatic heterocycles. The second kappa shape index (κ2) is 9.08. The Morgan fingerprint density at radius 3 is 2.54 bits per heavy atom. The highest BCUT2D eigenvalue weighted by atomic mass is 32.2. The number of sulfonamides is 1. The molecule has 6 heteroatoms. The fourth-order valence-corrected chi connectivity index (χ4v) is 4.06. The van der Waals surface area contributed by atoms with Crippen LogP contribution in [0.4, 0.5) is 5.69 Å². The Morgan fingerprint density at radius 1 is 1.07 bits per heavy atom. The molecule has 0 aliphatic carbocycles. The molecule has 0 aliphatic rings. The first-order valence-corrected chi connectivity index (χ1v) is 11.1. The number of nitrogens with zero attached hydrogens (tertiary/aromatic N) is 1. The largest absolute Gasteiger partial charge is 0.361 e. The van der Waals surface area contributed by atoms with Gasteiger partial charge < -0.3 is 9.88 Å². The zero-order chi connectivity index (χ0) is 20.0. The molecule has 0 radical (unpaired) electrons. The number of rotatable bonds is 9. The number of hydrogen-bond acceptors (Lipinski definition) is 3. The van der Waals surface area contributed by atoms with Crippen molar-refractivity contribution in [3.05, 3.63) is 71.3 Å². The molecule has 0 spiro atoms. The molecule has 0 unspecified atom stereocenters. The van der Waals surface area contributed by atoms with Crippen molar-refractivity contribution in [1.82, 2.24) is 9.88 Å². The smallest absolute Gasteiger partial charge is 0.255 e. The van der Waals surface area contributed by atoms with Crippen LogP contribution in [0.2, 0.25) is 0 Å². The summed E-state index contributed by atoms with van der Waals surface area (Å²) in [7, 11) is -3.58. The van der Waals surface area contributed by atoms with Gasteiger partial charge in [-0.15, -0.1) is 0 Å². The molecule has 0 bridgehead atoms. The number of aromatic nitrogens is 1. The minimum Gasteiger partial charge on any atom is -0.361 e. The number of benzene rings is 2. The molecular formula is C22H27N3O2S. The topological polar surface area (TPSA) is 65.2 Å². The van der Waals surface area contributed by atoms with E-state index in [2.05, 4.69) is 28.5 Å². The lowest BCUT2D eigenvalue weighted by Crippen LogP contribution is -2.25. The van der Waals surface area contributed by atoms with Gasteiger partial charge in [0.1, 0.15) is 0 Å². The first-order valence-electron chi connectivity index (χ1n) is 9.59. The van der Waals surface area contributed by atoms with Crippen molar-refractivity contribution in [1.29, 1.82) is 0 Å². The van der Waals surface area contributed by atoms with E-state index < -0.39 is 10.0 Å². The average Bonchev–Trinajstić information content (AvgIpc) is 3.10. The van der Waals surface area contributed by atoms with E-state index in [4.69, 9.17) is 0 Å². The Morgan fingerprint density at radius 2 is 1.82 bits per heavy atom. The second-order valence-electron chi connectivity index (χ2n) is 6.71. The van der Waals surface area contributed by atoms with Crippen LogP contribution in [-0.4, -0.2) is 37.9 Å². The van der Waals surface area contributed by atoms with Crippen molar-refractivity contribution in [2.24, 2.45) is 0 Å². The molecule has 28 heavy (non-hydrogen) atoms. The molecule has 0 saturated heterocycles. The van der Waals surface area contributed by atoms with Crippen molar-refractivity contribution in [3.63, 3.8) is 0 Å². The van der Waals surface area contributed by atoms with E-state index in [1.54, 1.807) is 12.1 Å². The highest BCUT2D eigenvalue weighted by Crippen LogP contribution is 2.24. The van der Waals surface area contributed by atoms with E-state index in [1.807, 2.05) is 48.7 Å². The standard InChI is InChI=1S/C22H27N3O2S/c1-3-25(4-2)14-12-19-17-23-22-11-10-20(16-21(19)22)24-28(26,27)15-13-18-8-6-5-7-9-18/h5-11,13,15-17,23-24H,3-4,12,14H2,1-2H3/b15-13+. The van der Waals surface area contributed by atoms with Crippen LogP contribution in [0.3, 0.4) is 0 Å². The summed E-state index contributed by atoms with van der Waals surface area (Å²) in [5.41, 5.74) is 3.61. The summed E-state index contributed by atoms with van der Waals surface area (Å²) >= 11 is 0. The molecule has 0 saturated carbocycles. The quantitative estimate of drug-likeness (QED) is 0.560. The van der Waals surface area contributed by atoms with E-state index in [0.717, 1.165) is 42.5 Å². The lowest BCUT2D eigenvalue weighted by Gasteiger charge is -2.17. The predicted molar refractivity (Wildman–Crippen MR) is 118 cm³/mol. The monoisotopic (exact) mass is 397 g/mol. The lowest BCUT2D eigenvalue weighted by molar-refractivity contribution is 0.308. The number of anilines is 1. The van der Waals surface area contributed by atoms with Gasteiger partial charge in [-0.2, -0.15) is 0 Å². The third-order valence-corrected chi connectivity index (χ3v) is 5.87. The van der Waals surface area contributed by atoms with Crippen molar-refractivity contribution >= 4 is 32.7 Å². The van der Waals surface area contributed by atoms with Crippen LogP contribution in [0.25, 0.3) is 17.0 Å². The fourth-order valence-electron chi connectivity index (χ4n) is 3.20. The summed E-state index contributed by atoms with van der Waals surface area (Å²) in [5, 5.41) is 2.25. The zero-order valence-electron chi connectivity index (χ0n) is 16.4. The van der Waals surface area contributed by atoms with E-state index in [0.29, 0.717) is 5.69 Å². The van der Waals surface area contributed by atoms with Crippen LogP contribution in [0, 0.1) is 0 Å². The summed E-state index contributed by atoms with van der Waals surface area (Å²) in [6.07, 6.45) is 4.53. The van der Waals surface area contributed by atoms with E-state index >= 15 is 0 Å². The van der Waals surface area contributed by atoms with Gasteiger partial charge in [-0.3, -0.25) is 4.72 Å². The average molecular weight is 398 g/mol. The van der Waals surface area contributed by atoms with Gasteiger partial charge in [0.25, 0.3) is 10.0 Å². The van der Waals surface area contributed by atoms with Gasteiger partial charge in [0.2, 0.25) is 0 Å².